The molecule has 3 aromatic rings. The smallest absolute Gasteiger partial charge is 0.294 e. The minimum Gasteiger partial charge on any atom is -0.449 e. The summed E-state index contributed by atoms with van der Waals surface area (Å²) >= 11 is 2.06. The van der Waals surface area contributed by atoms with Gasteiger partial charge in [-0.15, -0.1) is 0 Å². The predicted molar refractivity (Wildman–Crippen MR) is 160 cm³/mol. The molecule has 0 unspecified atom stereocenters. The molecule has 0 spiro atoms. The van der Waals surface area contributed by atoms with Gasteiger partial charge in [-0.25, -0.2) is 0 Å². The van der Waals surface area contributed by atoms with Crippen molar-refractivity contribution in [1.82, 2.24) is 5.32 Å². The number of fused-ring (bicyclic) bond motifs is 1. The Morgan fingerprint density at radius 2 is 1.82 bits per heavy atom. The highest BCUT2D eigenvalue weighted by atomic mass is 32.2. The van der Waals surface area contributed by atoms with Gasteiger partial charge in [-0.1, -0.05) is 73.4 Å². The van der Waals surface area contributed by atoms with Crippen LogP contribution >= 0.6 is 11.8 Å². The Morgan fingerprint density at radius 3 is 2.62 bits per heavy atom. The van der Waals surface area contributed by atoms with E-state index in [1.807, 2.05) is 61.5 Å². The average molecular weight is 541 g/mol. The SMILES string of the molecule is Cc1cccc(CN2C(=O)C(=Cc3ccc(C(=O)NCCCSC4CCCCC4)cc3)Oc3ccccc32)c1. The molecule has 2 amide bonds. The third-order valence-corrected chi connectivity index (χ3v) is 8.71. The molecule has 1 heterocycles. The highest BCUT2D eigenvalue weighted by Crippen LogP contribution is 2.36. The molecule has 5 nitrogen and oxygen atoms in total. The van der Waals surface area contributed by atoms with Crippen LogP contribution in [-0.2, 0) is 11.3 Å². The fourth-order valence-electron chi connectivity index (χ4n) is 5.15. The Balaban J connectivity index is 1.20. The van der Waals surface area contributed by atoms with Crippen LogP contribution in [0.3, 0.4) is 0 Å². The molecule has 1 fully saturated rings. The van der Waals surface area contributed by atoms with E-state index in [-0.39, 0.29) is 17.6 Å². The van der Waals surface area contributed by atoms with E-state index in [9.17, 15) is 9.59 Å². The number of nitrogens with one attached hydrogen (secondary N) is 1. The quantitative estimate of drug-likeness (QED) is 0.231. The topological polar surface area (TPSA) is 58.6 Å². The molecule has 1 N–H and O–H groups in total. The maximum absolute atomic E-state index is 13.5. The molecule has 1 saturated carbocycles. The van der Waals surface area contributed by atoms with Gasteiger partial charge in [0.15, 0.2) is 11.5 Å². The second-order valence-corrected chi connectivity index (χ2v) is 11.7. The number of rotatable bonds is 9. The van der Waals surface area contributed by atoms with Crippen molar-refractivity contribution in [2.24, 2.45) is 0 Å². The van der Waals surface area contributed by atoms with Crippen molar-refractivity contribution in [2.45, 2.75) is 57.2 Å². The van der Waals surface area contributed by atoms with Crippen LogP contribution in [0.25, 0.3) is 6.08 Å². The monoisotopic (exact) mass is 540 g/mol. The second kappa shape index (κ2) is 13.0. The van der Waals surface area contributed by atoms with Crippen LogP contribution in [0.4, 0.5) is 5.69 Å². The summed E-state index contributed by atoms with van der Waals surface area (Å²) < 4.78 is 6.03. The molecule has 5 rings (SSSR count). The van der Waals surface area contributed by atoms with Crippen molar-refractivity contribution in [2.75, 3.05) is 17.2 Å². The Bertz CT molecular complexity index is 1330. The number of hydrogen-bond donors (Lipinski definition) is 1. The van der Waals surface area contributed by atoms with Crippen LogP contribution in [0.2, 0.25) is 0 Å². The summed E-state index contributed by atoms with van der Waals surface area (Å²) in [7, 11) is 0. The summed E-state index contributed by atoms with van der Waals surface area (Å²) in [6.07, 6.45) is 9.51. The first-order chi connectivity index (χ1) is 19.1. The fourth-order valence-corrected chi connectivity index (χ4v) is 6.46. The summed E-state index contributed by atoms with van der Waals surface area (Å²) in [6.45, 7) is 3.19. The van der Waals surface area contributed by atoms with Crippen LogP contribution < -0.4 is 15.0 Å². The molecule has 202 valence electrons. The molecular weight excluding hydrogens is 504 g/mol. The third-order valence-electron chi connectivity index (χ3n) is 7.24. The maximum atomic E-state index is 13.5. The molecular formula is C33H36N2O3S. The minimum atomic E-state index is -0.192. The standard InChI is InChI=1S/C33H36N2O3S/c1-24-9-7-10-26(21-24)23-35-29-13-5-6-14-30(29)38-31(33(35)37)22-25-15-17-27(18-16-25)32(36)34-19-8-20-39-28-11-3-2-4-12-28/h5-7,9-10,13-18,21-22,28H,2-4,8,11-12,19-20,23H2,1H3,(H,34,36). The summed E-state index contributed by atoms with van der Waals surface area (Å²) in [6, 6.07) is 23.1. The number of para-hydroxylation sites is 2. The number of benzene rings is 3. The predicted octanol–water partition coefficient (Wildman–Crippen LogP) is 7.15. The number of thioether (sulfide) groups is 1. The fraction of sp³-hybridized carbons (Fsp3) is 0.333. The number of anilines is 1. The molecule has 3 aromatic carbocycles. The number of carbonyl (C=O) groups is 2. The van der Waals surface area contributed by atoms with E-state index in [4.69, 9.17) is 4.74 Å². The molecule has 6 heteroatoms. The largest absolute Gasteiger partial charge is 0.449 e. The van der Waals surface area contributed by atoms with Gasteiger partial charge in [0.25, 0.3) is 11.8 Å². The first kappa shape index (κ1) is 27.1. The minimum absolute atomic E-state index is 0.0693. The molecule has 0 atom stereocenters. The first-order valence-corrected chi connectivity index (χ1v) is 15.0. The van der Waals surface area contributed by atoms with Gasteiger partial charge in [-0.3, -0.25) is 14.5 Å². The third kappa shape index (κ3) is 7.12. The zero-order valence-corrected chi connectivity index (χ0v) is 23.3. The molecule has 39 heavy (non-hydrogen) atoms. The Hall–Kier alpha value is -3.51. The van der Waals surface area contributed by atoms with Gasteiger partial charge in [0.05, 0.1) is 12.2 Å². The van der Waals surface area contributed by atoms with E-state index in [2.05, 4.69) is 23.1 Å². The van der Waals surface area contributed by atoms with Crippen molar-refractivity contribution in [3.8, 4) is 5.75 Å². The number of hydrogen-bond acceptors (Lipinski definition) is 4. The number of ether oxygens (including phenoxy) is 1. The van der Waals surface area contributed by atoms with Crippen molar-refractivity contribution < 1.29 is 14.3 Å². The van der Waals surface area contributed by atoms with Gasteiger partial charge < -0.3 is 10.1 Å². The zero-order valence-electron chi connectivity index (χ0n) is 22.5. The highest BCUT2D eigenvalue weighted by Gasteiger charge is 2.30. The van der Waals surface area contributed by atoms with Gasteiger partial charge in [0.1, 0.15) is 0 Å². The van der Waals surface area contributed by atoms with E-state index >= 15 is 0 Å². The number of nitrogens with zero attached hydrogens (tertiary/aromatic N) is 1. The van der Waals surface area contributed by atoms with Crippen molar-refractivity contribution in [1.29, 1.82) is 0 Å². The van der Waals surface area contributed by atoms with Gasteiger partial charge >= 0.3 is 0 Å². The van der Waals surface area contributed by atoms with Crippen LogP contribution in [0.15, 0.2) is 78.6 Å². The van der Waals surface area contributed by atoms with Crippen LogP contribution in [-0.4, -0.2) is 29.4 Å². The van der Waals surface area contributed by atoms with E-state index in [1.165, 1.54) is 32.1 Å². The summed E-state index contributed by atoms with van der Waals surface area (Å²) in [5.74, 6) is 1.74. The van der Waals surface area contributed by atoms with E-state index in [0.717, 1.165) is 39.8 Å². The van der Waals surface area contributed by atoms with Crippen molar-refractivity contribution in [3.05, 3.63) is 101 Å². The molecule has 0 radical (unpaired) electrons. The summed E-state index contributed by atoms with van der Waals surface area (Å²) in [5, 5.41) is 3.84. The van der Waals surface area contributed by atoms with E-state index in [0.29, 0.717) is 24.4 Å². The molecule has 1 aliphatic heterocycles. The summed E-state index contributed by atoms with van der Waals surface area (Å²) in [4.78, 5) is 27.9. The van der Waals surface area contributed by atoms with Gasteiger partial charge in [0.2, 0.25) is 0 Å². The number of aryl methyl sites for hydroxylation is 1. The van der Waals surface area contributed by atoms with E-state index < -0.39 is 0 Å². The molecule has 0 saturated heterocycles. The Labute approximate surface area is 235 Å². The summed E-state index contributed by atoms with van der Waals surface area (Å²) in [5.41, 5.74) is 4.38. The lowest BCUT2D eigenvalue weighted by molar-refractivity contribution is -0.117. The Morgan fingerprint density at radius 1 is 1.03 bits per heavy atom. The lowest BCUT2D eigenvalue weighted by Gasteiger charge is -2.30. The van der Waals surface area contributed by atoms with E-state index in [1.54, 1.807) is 23.1 Å². The van der Waals surface area contributed by atoms with Gasteiger partial charge in [0, 0.05) is 17.4 Å². The van der Waals surface area contributed by atoms with Crippen molar-refractivity contribution >= 4 is 35.3 Å². The Kier molecular flexibility index (Phi) is 9.04. The lowest BCUT2D eigenvalue weighted by atomic mass is 10.0. The second-order valence-electron chi connectivity index (χ2n) is 10.3. The molecule has 1 aliphatic carbocycles. The van der Waals surface area contributed by atoms with Gasteiger partial charge in [-0.05, 0) is 73.4 Å². The zero-order chi connectivity index (χ0) is 27.0. The normalized spacial score (nSPS) is 16.6. The average Bonchev–Trinajstić information content (AvgIpc) is 2.96. The molecule has 0 bridgehead atoms. The van der Waals surface area contributed by atoms with Crippen molar-refractivity contribution in [3.63, 3.8) is 0 Å². The lowest BCUT2D eigenvalue weighted by Crippen LogP contribution is -2.36. The van der Waals surface area contributed by atoms with Crippen LogP contribution in [0.1, 0.15) is 65.6 Å². The number of carbonyl (C=O) groups excluding carboxylic acids is 2. The first-order valence-electron chi connectivity index (χ1n) is 13.9. The van der Waals surface area contributed by atoms with Crippen LogP contribution in [0.5, 0.6) is 5.75 Å². The number of amides is 2. The highest BCUT2D eigenvalue weighted by molar-refractivity contribution is 7.99. The molecule has 2 aliphatic rings. The molecule has 0 aromatic heterocycles. The van der Waals surface area contributed by atoms with Crippen LogP contribution in [0, 0.1) is 6.92 Å². The van der Waals surface area contributed by atoms with Gasteiger partial charge in [-0.2, -0.15) is 11.8 Å². The maximum Gasteiger partial charge on any atom is 0.294 e.